The Kier molecular flexibility index (Phi) is 8.57. The van der Waals surface area contributed by atoms with Gasteiger partial charge < -0.3 is 15.4 Å². The number of fused-ring (bicyclic) bond motifs is 2. The van der Waals surface area contributed by atoms with E-state index >= 15 is 0 Å². The predicted molar refractivity (Wildman–Crippen MR) is 158 cm³/mol. The summed E-state index contributed by atoms with van der Waals surface area (Å²) in [6.07, 6.45) is 0.0850. The summed E-state index contributed by atoms with van der Waals surface area (Å²) in [4.78, 5) is 26.6. The standard InChI is InChI=1S/C24H17Cl2FN2O2.C6H16OSi/c25-15-5-1-3-13(9-15)19-12-21(30)29-22(14-4-2-6-17(27)10-14)24(19)18-8-7-16(26)11-20(18)28-23(24)31;1-6(7-2)8(3,4)5/h1-11,19,22H,12H2,(H,28,31)(H,29,30);6H,1-5H3/t19-,22+,24-;/m0./s1. The molecule has 39 heavy (non-hydrogen) atoms. The minimum absolute atomic E-state index is 0.0850. The molecule has 1 spiro atoms. The maximum Gasteiger partial charge on any atom is 0.238 e. The highest BCUT2D eigenvalue weighted by atomic mass is 35.5. The normalized spacial score (nSPS) is 22.9. The van der Waals surface area contributed by atoms with E-state index in [1.807, 2.05) is 6.07 Å². The molecule has 2 aliphatic rings. The van der Waals surface area contributed by atoms with E-state index in [1.54, 1.807) is 55.6 Å². The summed E-state index contributed by atoms with van der Waals surface area (Å²) in [5.74, 6) is -1.46. The quantitative estimate of drug-likeness (QED) is 0.316. The second kappa shape index (κ2) is 11.4. The van der Waals surface area contributed by atoms with E-state index in [-0.39, 0.29) is 18.2 Å². The monoisotopic (exact) mass is 586 g/mol. The van der Waals surface area contributed by atoms with Crippen LogP contribution in [0, 0.1) is 5.82 Å². The summed E-state index contributed by atoms with van der Waals surface area (Å²) in [6, 6.07) is 17.6. The molecule has 0 bridgehead atoms. The molecule has 5 rings (SSSR count). The Morgan fingerprint density at radius 1 is 0.974 bits per heavy atom. The summed E-state index contributed by atoms with van der Waals surface area (Å²) in [5.41, 5.74) is 1.86. The maximum absolute atomic E-state index is 14.2. The van der Waals surface area contributed by atoms with Crippen LogP contribution in [-0.2, 0) is 19.7 Å². The predicted octanol–water partition coefficient (Wildman–Crippen LogP) is 7.27. The molecule has 2 amide bonds. The van der Waals surface area contributed by atoms with Crippen LogP contribution < -0.4 is 10.6 Å². The first-order valence-electron chi connectivity index (χ1n) is 12.8. The van der Waals surface area contributed by atoms with Gasteiger partial charge in [-0.15, -0.1) is 0 Å². The number of methoxy groups -OCH3 is 1. The van der Waals surface area contributed by atoms with E-state index in [1.165, 1.54) is 12.1 Å². The molecule has 1 saturated heterocycles. The average Bonchev–Trinajstić information content (AvgIpc) is 3.15. The van der Waals surface area contributed by atoms with Crippen LogP contribution in [0.4, 0.5) is 10.1 Å². The van der Waals surface area contributed by atoms with E-state index in [4.69, 9.17) is 27.9 Å². The fourth-order valence-corrected chi connectivity index (χ4v) is 6.41. The van der Waals surface area contributed by atoms with Crippen molar-refractivity contribution in [2.75, 3.05) is 12.4 Å². The highest BCUT2D eigenvalue weighted by Crippen LogP contribution is 2.57. The van der Waals surface area contributed by atoms with Gasteiger partial charge in [-0.05, 0) is 60.0 Å². The second-order valence-electron chi connectivity index (χ2n) is 11.1. The van der Waals surface area contributed by atoms with Crippen molar-refractivity contribution in [1.29, 1.82) is 0 Å². The first-order valence-corrected chi connectivity index (χ1v) is 17.2. The molecule has 0 saturated carbocycles. The summed E-state index contributed by atoms with van der Waals surface area (Å²) in [5, 5.41) is 6.90. The van der Waals surface area contributed by atoms with Gasteiger partial charge in [0, 0.05) is 40.9 Å². The smallest absolute Gasteiger partial charge is 0.238 e. The van der Waals surface area contributed by atoms with Crippen molar-refractivity contribution < 1.29 is 18.7 Å². The molecule has 1 fully saturated rings. The second-order valence-corrected chi connectivity index (χ2v) is 17.5. The van der Waals surface area contributed by atoms with Gasteiger partial charge in [0.2, 0.25) is 11.8 Å². The Labute approximate surface area is 240 Å². The van der Waals surface area contributed by atoms with Crippen LogP contribution in [0.15, 0.2) is 66.7 Å². The zero-order valence-electron chi connectivity index (χ0n) is 22.6. The van der Waals surface area contributed by atoms with E-state index in [0.717, 1.165) is 5.56 Å². The topological polar surface area (TPSA) is 67.4 Å². The third kappa shape index (κ3) is 5.77. The third-order valence-corrected chi connectivity index (χ3v) is 10.9. The zero-order valence-corrected chi connectivity index (χ0v) is 25.2. The first-order chi connectivity index (χ1) is 18.4. The molecule has 206 valence electrons. The van der Waals surface area contributed by atoms with Gasteiger partial charge in [-0.25, -0.2) is 4.39 Å². The number of benzene rings is 3. The van der Waals surface area contributed by atoms with E-state index in [9.17, 15) is 14.0 Å². The van der Waals surface area contributed by atoms with Gasteiger partial charge in [0.15, 0.2) is 0 Å². The van der Waals surface area contributed by atoms with Crippen molar-refractivity contribution in [3.05, 3.63) is 99.3 Å². The lowest BCUT2D eigenvalue weighted by atomic mass is 9.59. The Morgan fingerprint density at radius 2 is 1.64 bits per heavy atom. The largest absolute Gasteiger partial charge is 0.385 e. The Bertz CT molecular complexity index is 1340. The van der Waals surface area contributed by atoms with Crippen LogP contribution in [-0.4, -0.2) is 32.7 Å². The molecular formula is C30H33Cl2FN2O3Si. The molecule has 4 atom stereocenters. The number of rotatable bonds is 4. The van der Waals surface area contributed by atoms with Crippen molar-refractivity contribution in [3.63, 3.8) is 0 Å². The SMILES string of the molecule is COC(C)[Si](C)(C)C.O=C1C[C@@H](c2cccc(Cl)c2)[C@]2(C(=O)Nc3cc(Cl)ccc32)[C@@H](c2cccc(F)c2)N1. The lowest BCUT2D eigenvalue weighted by Crippen LogP contribution is -2.56. The minimum atomic E-state index is -1.20. The van der Waals surface area contributed by atoms with Crippen LogP contribution in [0.25, 0.3) is 0 Å². The number of amides is 2. The molecule has 3 aromatic carbocycles. The molecule has 2 heterocycles. The van der Waals surface area contributed by atoms with E-state index in [2.05, 4.69) is 37.2 Å². The van der Waals surface area contributed by atoms with E-state index in [0.29, 0.717) is 32.6 Å². The van der Waals surface area contributed by atoms with Crippen LogP contribution in [0.5, 0.6) is 0 Å². The number of nitrogens with one attached hydrogen (secondary N) is 2. The highest BCUT2D eigenvalue weighted by molar-refractivity contribution is 6.77. The van der Waals surface area contributed by atoms with Crippen LogP contribution >= 0.6 is 23.2 Å². The molecule has 5 nitrogen and oxygen atoms in total. The number of carbonyl (C=O) groups excluding carboxylic acids is 2. The summed E-state index contributed by atoms with van der Waals surface area (Å²) >= 11 is 12.4. The van der Waals surface area contributed by atoms with Crippen molar-refractivity contribution in [2.45, 2.75) is 56.1 Å². The van der Waals surface area contributed by atoms with Gasteiger partial charge in [0.05, 0.1) is 14.1 Å². The number of hydrogen-bond donors (Lipinski definition) is 2. The number of ether oxygens (including phenoxy) is 1. The molecular weight excluding hydrogens is 554 g/mol. The lowest BCUT2D eigenvalue weighted by Gasteiger charge is -2.46. The zero-order chi connectivity index (χ0) is 28.5. The van der Waals surface area contributed by atoms with Crippen LogP contribution in [0.1, 0.15) is 42.0 Å². The summed E-state index contributed by atoms with van der Waals surface area (Å²) in [6.45, 7) is 9.07. The van der Waals surface area contributed by atoms with Gasteiger partial charge >= 0.3 is 0 Å². The lowest BCUT2D eigenvalue weighted by molar-refractivity contribution is -0.131. The molecule has 1 unspecified atom stereocenters. The molecule has 2 aliphatic heterocycles. The van der Waals surface area contributed by atoms with Gasteiger partial charge in [0.1, 0.15) is 11.2 Å². The van der Waals surface area contributed by atoms with Gasteiger partial charge in [-0.3, -0.25) is 9.59 Å². The van der Waals surface area contributed by atoms with Crippen molar-refractivity contribution >= 4 is 48.8 Å². The number of hydrogen-bond acceptors (Lipinski definition) is 3. The fraction of sp³-hybridized carbons (Fsp3) is 0.333. The van der Waals surface area contributed by atoms with Crippen molar-refractivity contribution in [1.82, 2.24) is 5.32 Å². The van der Waals surface area contributed by atoms with Gasteiger partial charge in [0.25, 0.3) is 0 Å². The summed E-state index contributed by atoms with van der Waals surface area (Å²) < 4.78 is 19.3. The third-order valence-electron chi connectivity index (χ3n) is 7.76. The Morgan fingerprint density at radius 3 is 2.26 bits per heavy atom. The van der Waals surface area contributed by atoms with E-state index < -0.39 is 31.3 Å². The Balaban J connectivity index is 0.000000386. The Hall–Kier alpha value is -2.71. The van der Waals surface area contributed by atoms with Gasteiger partial charge in [-0.1, -0.05) is 73.2 Å². The number of halogens is 3. The number of anilines is 1. The molecule has 0 aromatic heterocycles. The maximum atomic E-state index is 14.2. The molecule has 0 aliphatic carbocycles. The molecule has 3 aromatic rings. The fourth-order valence-electron chi connectivity index (χ4n) is 5.33. The van der Waals surface area contributed by atoms with Crippen molar-refractivity contribution in [3.8, 4) is 0 Å². The van der Waals surface area contributed by atoms with Crippen LogP contribution in [0.3, 0.4) is 0 Å². The number of carbonyl (C=O) groups is 2. The highest BCUT2D eigenvalue weighted by Gasteiger charge is 2.61. The summed E-state index contributed by atoms with van der Waals surface area (Å²) in [7, 11) is 0.798. The molecule has 2 N–H and O–H groups in total. The van der Waals surface area contributed by atoms with Crippen molar-refractivity contribution in [2.24, 2.45) is 0 Å². The molecule has 9 heteroatoms. The average molecular weight is 588 g/mol. The number of piperidine rings is 1. The van der Waals surface area contributed by atoms with Crippen LogP contribution in [0.2, 0.25) is 29.7 Å². The first kappa shape index (κ1) is 29.3. The van der Waals surface area contributed by atoms with Gasteiger partial charge in [-0.2, -0.15) is 0 Å². The minimum Gasteiger partial charge on any atom is -0.385 e. The molecule has 0 radical (unpaired) electrons.